The first-order valence-corrected chi connectivity index (χ1v) is 5.90. The smallest absolute Gasteiger partial charge is 0.408 e. The Morgan fingerprint density at radius 1 is 1.26 bits per heavy atom. The van der Waals surface area contributed by atoms with Crippen molar-refractivity contribution < 1.29 is 29.3 Å². The monoisotopic (exact) mass is 325 g/mol. The fourth-order valence-corrected chi connectivity index (χ4v) is 1.80. The zero-order valence-electron chi connectivity index (χ0n) is 11.9. The van der Waals surface area contributed by atoms with E-state index >= 15 is 0 Å². The molecule has 0 aliphatic carbocycles. The predicted octanol–water partition coefficient (Wildman–Crippen LogP) is 1.59. The molecule has 11 heteroatoms. The number of nitro benzene ring substituents is 2. The summed E-state index contributed by atoms with van der Waals surface area (Å²) in [4.78, 5) is 42.3. The number of aryl methyl sites for hydroxylation is 1. The number of amides is 1. The molecule has 0 saturated carbocycles. The van der Waals surface area contributed by atoms with Gasteiger partial charge in [0.25, 0.3) is 0 Å². The highest BCUT2D eigenvalue weighted by molar-refractivity contribution is 6.16. The van der Waals surface area contributed by atoms with Gasteiger partial charge in [0.15, 0.2) is 0 Å². The van der Waals surface area contributed by atoms with E-state index in [4.69, 9.17) is 5.11 Å². The maximum absolute atomic E-state index is 11.7. The molecule has 0 bridgehead atoms. The van der Waals surface area contributed by atoms with Crippen LogP contribution < -0.4 is 5.32 Å². The first-order valence-electron chi connectivity index (χ1n) is 5.90. The second-order valence-corrected chi connectivity index (χ2v) is 4.17. The summed E-state index contributed by atoms with van der Waals surface area (Å²) in [6.07, 6.45) is -0.696. The van der Waals surface area contributed by atoms with Gasteiger partial charge in [-0.15, -0.1) is 0 Å². The Hall–Kier alpha value is -3.50. The summed E-state index contributed by atoms with van der Waals surface area (Å²) in [5.41, 5.74) is -2.04. The SMILES string of the molecule is COC(=O)C(=CNC(=O)O)c1cc(C)c([N+](=O)[O-])c([N+](=O)[O-])c1. The van der Waals surface area contributed by atoms with Crippen LogP contribution in [0.5, 0.6) is 0 Å². The molecule has 0 heterocycles. The normalized spacial score (nSPS) is 10.8. The molecule has 0 fully saturated rings. The Morgan fingerprint density at radius 3 is 2.30 bits per heavy atom. The fraction of sp³-hybridized carbons (Fsp3) is 0.167. The zero-order chi connectivity index (χ0) is 17.7. The Labute approximate surface area is 128 Å². The lowest BCUT2D eigenvalue weighted by Crippen LogP contribution is -2.16. The van der Waals surface area contributed by atoms with Gasteiger partial charge in [-0.1, -0.05) is 0 Å². The van der Waals surface area contributed by atoms with E-state index in [0.29, 0.717) is 0 Å². The number of nitrogens with zero attached hydrogens (tertiary/aromatic N) is 2. The number of nitro groups is 2. The molecule has 1 aromatic rings. The van der Waals surface area contributed by atoms with E-state index < -0.39 is 33.3 Å². The quantitative estimate of drug-likeness (QED) is 0.357. The molecule has 23 heavy (non-hydrogen) atoms. The summed E-state index contributed by atoms with van der Waals surface area (Å²) >= 11 is 0. The van der Waals surface area contributed by atoms with Crippen LogP contribution in [0.3, 0.4) is 0 Å². The maximum Gasteiger partial charge on any atom is 0.408 e. The molecule has 0 saturated heterocycles. The number of esters is 1. The Bertz CT molecular complexity index is 725. The number of rotatable bonds is 5. The summed E-state index contributed by atoms with van der Waals surface area (Å²) in [6.45, 7) is 1.26. The third-order valence-electron chi connectivity index (χ3n) is 2.72. The summed E-state index contributed by atoms with van der Waals surface area (Å²) in [6, 6.07) is 1.95. The largest absolute Gasteiger partial charge is 0.465 e. The average molecular weight is 325 g/mol. The number of ether oxygens (including phenoxy) is 1. The highest BCUT2D eigenvalue weighted by Gasteiger charge is 2.29. The number of hydrogen-bond donors (Lipinski definition) is 2. The average Bonchev–Trinajstić information content (AvgIpc) is 2.45. The minimum atomic E-state index is -1.47. The lowest BCUT2D eigenvalue weighted by Gasteiger charge is -2.08. The van der Waals surface area contributed by atoms with Crippen molar-refractivity contribution in [2.45, 2.75) is 6.92 Å². The van der Waals surface area contributed by atoms with Gasteiger partial charge < -0.3 is 9.84 Å². The first-order chi connectivity index (χ1) is 10.7. The van der Waals surface area contributed by atoms with Crippen molar-refractivity contribution in [1.29, 1.82) is 0 Å². The van der Waals surface area contributed by atoms with E-state index in [1.807, 2.05) is 5.32 Å². The van der Waals surface area contributed by atoms with Crippen LogP contribution >= 0.6 is 0 Å². The second-order valence-electron chi connectivity index (χ2n) is 4.17. The van der Waals surface area contributed by atoms with Crippen LogP contribution in [-0.2, 0) is 9.53 Å². The van der Waals surface area contributed by atoms with Gasteiger partial charge in [0.2, 0.25) is 0 Å². The van der Waals surface area contributed by atoms with Gasteiger partial charge in [-0.05, 0) is 18.6 Å². The molecule has 1 rings (SSSR count). The minimum absolute atomic E-state index is 0.0654. The molecule has 0 aliphatic rings. The summed E-state index contributed by atoms with van der Waals surface area (Å²) in [5.74, 6) is -0.971. The van der Waals surface area contributed by atoms with Gasteiger partial charge >= 0.3 is 23.4 Å². The van der Waals surface area contributed by atoms with E-state index in [-0.39, 0.29) is 16.7 Å². The molecular weight excluding hydrogens is 314 g/mol. The summed E-state index contributed by atoms with van der Waals surface area (Å²) in [7, 11) is 1.03. The molecular formula is C12H11N3O8. The molecule has 0 atom stereocenters. The van der Waals surface area contributed by atoms with E-state index in [1.165, 1.54) is 6.92 Å². The molecule has 1 aromatic carbocycles. The third kappa shape index (κ3) is 4.00. The molecule has 0 spiro atoms. The summed E-state index contributed by atoms with van der Waals surface area (Å²) < 4.78 is 4.47. The van der Waals surface area contributed by atoms with Gasteiger partial charge in [-0.2, -0.15) is 0 Å². The van der Waals surface area contributed by atoms with Crippen LogP contribution in [0.25, 0.3) is 5.57 Å². The molecule has 2 N–H and O–H groups in total. The van der Waals surface area contributed by atoms with Crippen LogP contribution in [0.15, 0.2) is 18.3 Å². The van der Waals surface area contributed by atoms with Gasteiger partial charge in [0, 0.05) is 17.8 Å². The first kappa shape index (κ1) is 17.6. The minimum Gasteiger partial charge on any atom is -0.465 e. The topological polar surface area (TPSA) is 162 Å². The zero-order valence-corrected chi connectivity index (χ0v) is 11.9. The van der Waals surface area contributed by atoms with Crippen molar-refractivity contribution in [3.63, 3.8) is 0 Å². The van der Waals surface area contributed by atoms with Crippen molar-refractivity contribution >= 4 is 29.0 Å². The fourth-order valence-electron chi connectivity index (χ4n) is 1.80. The highest BCUT2D eigenvalue weighted by Crippen LogP contribution is 2.34. The van der Waals surface area contributed by atoms with Crippen molar-refractivity contribution in [3.8, 4) is 0 Å². The number of methoxy groups -OCH3 is 1. The lowest BCUT2D eigenvalue weighted by molar-refractivity contribution is -0.422. The molecule has 0 aliphatic heterocycles. The van der Waals surface area contributed by atoms with E-state index in [9.17, 15) is 29.8 Å². The molecule has 0 aromatic heterocycles. The van der Waals surface area contributed by atoms with Crippen molar-refractivity contribution in [1.82, 2.24) is 5.32 Å². The number of hydrogen-bond acceptors (Lipinski definition) is 7. The van der Waals surface area contributed by atoms with Gasteiger partial charge in [-0.25, -0.2) is 9.59 Å². The Morgan fingerprint density at radius 2 is 1.87 bits per heavy atom. The second kappa shape index (κ2) is 6.98. The van der Waals surface area contributed by atoms with E-state index in [1.54, 1.807) is 0 Å². The highest BCUT2D eigenvalue weighted by atomic mass is 16.6. The van der Waals surface area contributed by atoms with Crippen LogP contribution in [0.2, 0.25) is 0 Å². The lowest BCUT2D eigenvalue weighted by atomic mass is 10.0. The van der Waals surface area contributed by atoms with E-state index in [2.05, 4.69) is 4.74 Å². The van der Waals surface area contributed by atoms with Crippen LogP contribution in [0, 0.1) is 27.2 Å². The Balaban J connectivity index is 3.59. The van der Waals surface area contributed by atoms with Gasteiger partial charge in [0.1, 0.15) is 0 Å². The van der Waals surface area contributed by atoms with Gasteiger partial charge in [-0.3, -0.25) is 25.5 Å². The van der Waals surface area contributed by atoms with Crippen LogP contribution in [-0.4, -0.2) is 34.1 Å². The van der Waals surface area contributed by atoms with E-state index in [0.717, 1.165) is 25.4 Å². The third-order valence-corrected chi connectivity index (χ3v) is 2.72. The molecule has 11 nitrogen and oxygen atoms in total. The standard InChI is InChI=1S/C12H11N3O8/c1-6-3-7(4-9(14(19)20)10(6)15(21)22)8(11(16)23-2)5-13-12(17)18/h3-5,13H,1-2H3,(H,17,18). The van der Waals surface area contributed by atoms with Crippen LogP contribution in [0.1, 0.15) is 11.1 Å². The molecule has 0 radical (unpaired) electrons. The van der Waals surface area contributed by atoms with Crippen molar-refractivity contribution in [2.24, 2.45) is 0 Å². The van der Waals surface area contributed by atoms with Crippen LogP contribution in [0.4, 0.5) is 16.2 Å². The number of nitrogens with one attached hydrogen (secondary N) is 1. The molecule has 122 valence electrons. The van der Waals surface area contributed by atoms with Crippen molar-refractivity contribution in [3.05, 3.63) is 49.7 Å². The van der Waals surface area contributed by atoms with Crippen molar-refractivity contribution in [2.75, 3.05) is 7.11 Å². The van der Waals surface area contributed by atoms with Gasteiger partial charge in [0.05, 0.1) is 22.5 Å². The Kier molecular flexibility index (Phi) is 5.32. The number of carbonyl (C=O) groups excluding carboxylic acids is 1. The number of carbonyl (C=O) groups is 2. The molecule has 0 unspecified atom stereocenters. The number of carboxylic acid groups (broad SMARTS) is 1. The summed E-state index contributed by atoms with van der Waals surface area (Å²) in [5, 5.41) is 32.3. The molecule has 1 amide bonds. The number of benzene rings is 1. The predicted molar refractivity (Wildman–Crippen MR) is 75.6 cm³/mol. The maximum atomic E-state index is 11.7.